The zero-order valence-corrected chi connectivity index (χ0v) is 24.7. The lowest BCUT2D eigenvalue weighted by molar-refractivity contribution is 0.620. The Hall–Kier alpha value is -6.60. The van der Waals surface area contributed by atoms with Crippen molar-refractivity contribution in [3.63, 3.8) is 0 Å². The zero-order chi connectivity index (χ0) is 30.9. The molecule has 0 atom stereocenters. The molecule has 0 N–H and O–H groups in total. The van der Waals surface area contributed by atoms with Gasteiger partial charge in [0.05, 0.1) is 0 Å². The molecule has 0 saturated heterocycles. The summed E-state index contributed by atoms with van der Waals surface area (Å²) in [6, 6.07) is 43.9. The third-order valence-electron chi connectivity index (χ3n) is 8.57. The minimum absolute atomic E-state index is 0.533. The molecule has 0 saturated carbocycles. The van der Waals surface area contributed by atoms with Crippen LogP contribution in [0.3, 0.4) is 0 Å². The molecule has 0 bridgehead atoms. The SMILES string of the molecule is c1ccc(-c2nc3cc(-c4nc(-c5ccc6oc7ccccc7c6c5)nc(-c5ccc6oc7ccccc7c6c5)n4)ccc3o2)cc1. The van der Waals surface area contributed by atoms with Crippen molar-refractivity contribution in [2.45, 2.75) is 0 Å². The summed E-state index contributed by atoms with van der Waals surface area (Å²) >= 11 is 0. The van der Waals surface area contributed by atoms with Crippen molar-refractivity contribution in [1.82, 2.24) is 19.9 Å². The maximum absolute atomic E-state index is 6.09. The second kappa shape index (κ2) is 9.95. The van der Waals surface area contributed by atoms with Crippen molar-refractivity contribution in [3.05, 3.63) is 133 Å². The second-order valence-electron chi connectivity index (χ2n) is 11.5. The standard InChI is InChI=1S/C40H22N4O3/c1-2-8-23(9-3-1)40-41-31-22-26(16-19-36(31)47-40)39-43-37(24-14-17-34-29(20-24)27-10-4-6-12-32(27)45-34)42-38(44-39)25-15-18-35-30(21-25)28-11-5-7-13-33(28)46-35/h1-22H. The molecule has 0 unspecified atom stereocenters. The molecule has 0 amide bonds. The highest BCUT2D eigenvalue weighted by Gasteiger charge is 2.17. The lowest BCUT2D eigenvalue weighted by Crippen LogP contribution is -2.00. The van der Waals surface area contributed by atoms with Gasteiger partial charge in [0.1, 0.15) is 27.8 Å². The van der Waals surface area contributed by atoms with E-state index in [9.17, 15) is 0 Å². The number of oxazole rings is 1. The van der Waals surface area contributed by atoms with E-state index in [1.807, 2.05) is 109 Å². The highest BCUT2D eigenvalue weighted by atomic mass is 16.3. The van der Waals surface area contributed by atoms with Crippen LogP contribution in [-0.2, 0) is 0 Å². The van der Waals surface area contributed by atoms with E-state index in [1.54, 1.807) is 0 Å². The number of hydrogen-bond acceptors (Lipinski definition) is 7. The highest BCUT2D eigenvalue weighted by molar-refractivity contribution is 6.07. The number of fused-ring (bicyclic) bond motifs is 7. The van der Waals surface area contributed by atoms with Crippen LogP contribution >= 0.6 is 0 Å². The summed E-state index contributed by atoms with van der Waals surface area (Å²) in [7, 11) is 0. The van der Waals surface area contributed by atoms with Gasteiger partial charge < -0.3 is 13.3 Å². The number of rotatable bonds is 4. The molecule has 6 aromatic carbocycles. The van der Waals surface area contributed by atoms with E-state index < -0.39 is 0 Å². The van der Waals surface area contributed by atoms with Gasteiger partial charge in [-0.2, -0.15) is 0 Å². The van der Waals surface area contributed by atoms with Gasteiger partial charge in [-0.25, -0.2) is 19.9 Å². The van der Waals surface area contributed by atoms with Crippen LogP contribution in [0.2, 0.25) is 0 Å². The van der Waals surface area contributed by atoms with Crippen molar-refractivity contribution in [2.24, 2.45) is 0 Å². The Morgan fingerprint density at radius 2 is 0.787 bits per heavy atom. The first-order valence-electron chi connectivity index (χ1n) is 15.3. The van der Waals surface area contributed by atoms with Crippen LogP contribution in [0.4, 0.5) is 0 Å². The minimum atomic E-state index is 0.533. The number of aromatic nitrogens is 4. The average molecular weight is 607 g/mol. The fourth-order valence-electron chi connectivity index (χ4n) is 6.26. The zero-order valence-electron chi connectivity index (χ0n) is 24.7. The first kappa shape index (κ1) is 25.7. The molecule has 0 aliphatic carbocycles. The first-order valence-corrected chi connectivity index (χ1v) is 15.3. The summed E-state index contributed by atoms with van der Waals surface area (Å²) in [6.07, 6.45) is 0. The summed E-state index contributed by atoms with van der Waals surface area (Å²) in [6.45, 7) is 0. The fourth-order valence-corrected chi connectivity index (χ4v) is 6.26. The largest absolute Gasteiger partial charge is 0.456 e. The molecule has 0 aliphatic heterocycles. The van der Waals surface area contributed by atoms with Crippen LogP contribution in [0.1, 0.15) is 0 Å². The van der Waals surface area contributed by atoms with E-state index >= 15 is 0 Å². The number of para-hydroxylation sites is 2. The van der Waals surface area contributed by atoms with E-state index in [-0.39, 0.29) is 0 Å². The van der Waals surface area contributed by atoms with Gasteiger partial charge in [0.15, 0.2) is 23.1 Å². The van der Waals surface area contributed by atoms with Gasteiger partial charge in [0, 0.05) is 43.8 Å². The van der Waals surface area contributed by atoms with Crippen molar-refractivity contribution < 1.29 is 13.3 Å². The molecule has 10 rings (SSSR count). The van der Waals surface area contributed by atoms with Crippen LogP contribution in [0.15, 0.2) is 147 Å². The van der Waals surface area contributed by atoms with Gasteiger partial charge in [0.25, 0.3) is 0 Å². The number of hydrogen-bond donors (Lipinski definition) is 0. The quantitative estimate of drug-likeness (QED) is 0.197. The van der Waals surface area contributed by atoms with Crippen molar-refractivity contribution in [2.75, 3.05) is 0 Å². The van der Waals surface area contributed by atoms with Crippen LogP contribution in [0.25, 0.3) is 101 Å². The molecule has 220 valence electrons. The van der Waals surface area contributed by atoms with Crippen molar-refractivity contribution in [3.8, 4) is 45.6 Å². The second-order valence-corrected chi connectivity index (χ2v) is 11.5. The smallest absolute Gasteiger partial charge is 0.227 e. The van der Waals surface area contributed by atoms with Gasteiger partial charge in [-0.1, -0.05) is 54.6 Å². The number of furan rings is 2. The van der Waals surface area contributed by atoms with Crippen LogP contribution in [-0.4, -0.2) is 19.9 Å². The predicted molar refractivity (Wildman–Crippen MR) is 184 cm³/mol. The van der Waals surface area contributed by atoms with Crippen LogP contribution in [0, 0.1) is 0 Å². The fraction of sp³-hybridized carbons (Fsp3) is 0. The summed E-state index contributed by atoms with van der Waals surface area (Å²) in [4.78, 5) is 19.8. The summed E-state index contributed by atoms with van der Waals surface area (Å²) in [5, 5.41) is 4.10. The Morgan fingerprint density at radius 3 is 1.36 bits per heavy atom. The summed E-state index contributed by atoms with van der Waals surface area (Å²) in [5.41, 5.74) is 8.16. The molecular formula is C40H22N4O3. The Bertz CT molecular complexity index is 2680. The summed E-state index contributed by atoms with van der Waals surface area (Å²) < 4.78 is 18.3. The van der Waals surface area contributed by atoms with E-state index in [4.69, 9.17) is 33.2 Å². The van der Waals surface area contributed by atoms with E-state index in [0.29, 0.717) is 28.9 Å². The van der Waals surface area contributed by atoms with Crippen LogP contribution < -0.4 is 0 Å². The molecule has 0 radical (unpaired) electrons. The molecule has 10 aromatic rings. The number of benzene rings is 6. The van der Waals surface area contributed by atoms with Crippen molar-refractivity contribution in [1.29, 1.82) is 0 Å². The topological polar surface area (TPSA) is 91.0 Å². The Kier molecular flexibility index (Phi) is 5.44. The third-order valence-corrected chi connectivity index (χ3v) is 8.57. The van der Waals surface area contributed by atoms with E-state index in [1.165, 1.54) is 0 Å². The first-order chi connectivity index (χ1) is 23.2. The van der Waals surface area contributed by atoms with Gasteiger partial charge in [0.2, 0.25) is 5.89 Å². The summed E-state index contributed by atoms with van der Waals surface area (Å²) in [5.74, 6) is 2.21. The highest BCUT2D eigenvalue weighted by Crippen LogP contribution is 2.35. The van der Waals surface area contributed by atoms with Gasteiger partial charge in [-0.15, -0.1) is 0 Å². The third kappa shape index (κ3) is 4.21. The van der Waals surface area contributed by atoms with E-state index in [2.05, 4.69) is 24.3 Å². The molecule has 7 heteroatoms. The average Bonchev–Trinajstić information content (AvgIpc) is 3.84. The predicted octanol–water partition coefficient (Wildman–Crippen LogP) is 10.5. The Labute approximate surface area is 266 Å². The Balaban J connectivity index is 1.17. The molecule has 4 aromatic heterocycles. The maximum Gasteiger partial charge on any atom is 0.227 e. The molecule has 0 spiro atoms. The van der Waals surface area contributed by atoms with Crippen molar-refractivity contribution >= 4 is 55.0 Å². The monoisotopic (exact) mass is 606 g/mol. The molecule has 0 aliphatic rings. The van der Waals surface area contributed by atoms with Gasteiger partial charge >= 0.3 is 0 Å². The minimum Gasteiger partial charge on any atom is -0.456 e. The molecule has 4 heterocycles. The normalized spacial score (nSPS) is 11.8. The molecule has 0 fully saturated rings. The molecular weight excluding hydrogens is 584 g/mol. The lowest BCUT2D eigenvalue weighted by Gasteiger charge is -2.09. The van der Waals surface area contributed by atoms with Gasteiger partial charge in [-0.3, -0.25) is 0 Å². The lowest BCUT2D eigenvalue weighted by atomic mass is 10.1. The number of nitrogens with zero attached hydrogens (tertiary/aromatic N) is 4. The van der Waals surface area contributed by atoms with Crippen LogP contribution in [0.5, 0.6) is 0 Å². The maximum atomic E-state index is 6.09. The molecule has 7 nitrogen and oxygen atoms in total. The van der Waals surface area contributed by atoms with E-state index in [0.717, 1.165) is 71.6 Å². The Morgan fingerprint density at radius 1 is 0.319 bits per heavy atom. The molecule has 47 heavy (non-hydrogen) atoms. The van der Waals surface area contributed by atoms with Gasteiger partial charge in [-0.05, 0) is 78.9 Å².